The van der Waals surface area contributed by atoms with Gasteiger partial charge in [-0.25, -0.2) is 4.39 Å². The molecule has 0 heterocycles. The summed E-state index contributed by atoms with van der Waals surface area (Å²) in [6.07, 6.45) is 0.612. The van der Waals surface area contributed by atoms with Crippen LogP contribution in [0.15, 0.2) is 12.1 Å². The van der Waals surface area contributed by atoms with Gasteiger partial charge in [0, 0.05) is 25.3 Å². The minimum absolute atomic E-state index is 0.104. The zero-order valence-electron chi connectivity index (χ0n) is 9.29. The Morgan fingerprint density at radius 3 is 2.88 bits per heavy atom. The number of nitrogens with one attached hydrogen (secondary N) is 1. The molecule has 90 valence electrons. The van der Waals surface area contributed by atoms with Gasteiger partial charge in [-0.2, -0.15) is 0 Å². The fourth-order valence-electron chi connectivity index (χ4n) is 1.29. The summed E-state index contributed by atoms with van der Waals surface area (Å²) in [4.78, 5) is 0. The molecule has 0 aliphatic heterocycles. The molecule has 0 aromatic heterocycles. The molecular weight excluding hydrogens is 211 g/mol. The van der Waals surface area contributed by atoms with E-state index >= 15 is 0 Å². The molecule has 0 fully saturated rings. The highest BCUT2D eigenvalue weighted by atomic mass is 19.1. The molecule has 0 bridgehead atoms. The maximum Gasteiger partial charge on any atom is 0.167 e. The third-order valence-corrected chi connectivity index (χ3v) is 2.05. The Balaban J connectivity index is 2.78. The van der Waals surface area contributed by atoms with E-state index in [1.807, 2.05) is 0 Å². The largest absolute Gasteiger partial charge is 0.491 e. The van der Waals surface area contributed by atoms with Gasteiger partial charge < -0.3 is 20.9 Å². The third kappa shape index (κ3) is 3.27. The number of nitrogen functional groups attached to an aromatic ring is 1. The third-order valence-electron chi connectivity index (χ3n) is 2.05. The molecule has 5 heteroatoms. The summed E-state index contributed by atoms with van der Waals surface area (Å²) >= 11 is 0. The lowest BCUT2D eigenvalue weighted by atomic mass is 10.2. The van der Waals surface area contributed by atoms with Crippen LogP contribution in [0.5, 0.6) is 5.75 Å². The Kier molecular flexibility index (Phi) is 4.85. The first-order chi connectivity index (χ1) is 7.69. The number of anilines is 2. The zero-order valence-corrected chi connectivity index (χ0v) is 9.29. The topological polar surface area (TPSA) is 67.5 Å². The lowest BCUT2D eigenvalue weighted by Gasteiger charge is -2.12. The Hall–Kier alpha value is -1.49. The summed E-state index contributed by atoms with van der Waals surface area (Å²) in [5.41, 5.74) is 6.60. The molecule has 4 nitrogen and oxygen atoms in total. The monoisotopic (exact) mass is 228 g/mol. The molecule has 0 saturated carbocycles. The van der Waals surface area contributed by atoms with Crippen molar-refractivity contribution in [1.82, 2.24) is 0 Å². The summed E-state index contributed by atoms with van der Waals surface area (Å²) in [5, 5.41) is 11.6. The van der Waals surface area contributed by atoms with Crippen molar-refractivity contribution in [1.29, 1.82) is 0 Å². The number of hydrogen-bond donors (Lipinski definition) is 3. The maximum absolute atomic E-state index is 13.3. The highest BCUT2D eigenvalue weighted by Crippen LogP contribution is 2.28. The molecule has 0 aliphatic carbocycles. The van der Waals surface area contributed by atoms with Crippen molar-refractivity contribution in [3.8, 4) is 5.75 Å². The van der Waals surface area contributed by atoms with Gasteiger partial charge >= 0.3 is 0 Å². The van der Waals surface area contributed by atoms with E-state index in [-0.39, 0.29) is 12.4 Å². The van der Waals surface area contributed by atoms with Gasteiger partial charge in [-0.1, -0.05) is 0 Å². The molecular formula is C11H17FN2O2. The number of halogens is 1. The van der Waals surface area contributed by atoms with Crippen LogP contribution in [-0.2, 0) is 0 Å². The van der Waals surface area contributed by atoms with E-state index < -0.39 is 5.82 Å². The molecule has 0 saturated heterocycles. The number of aliphatic hydroxyl groups is 1. The van der Waals surface area contributed by atoms with Crippen LogP contribution in [0.2, 0.25) is 0 Å². The normalized spacial score (nSPS) is 10.2. The predicted octanol–water partition coefficient (Wildman–Crippen LogP) is 1.60. The fourth-order valence-corrected chi connectivity index (χ4v) is 1.29. The maximum atomic E-state index is 13.3. The highest BCUT2D eigenvalue weighted by molar-refractivity contribution is 5.68. The van der Waals surface area contributed by atoms with Crippen molar-refractivity contribution in [2.24, 2.45) is 0 Å². The van der Waals surface area contributed by atoms with Gasteiger partial charge in [-0.3, -0.25) is 0 Å². The summed E-state index contributed by atoms with van der Waals surface area (Å²) in [5.74, 6) is -0.282. The summed E-state index contributed by atoms with van der Waals surface area (Å²) in [6, 6.07) is 2.76. The van der Waals surface area contributed by atoms with Crippen molar-refractivity contribution in [3.05, 3.63) is 17.9 Å². The van der Waals surface area contributed by atoms with Crippen LogP contribution < -0.4 is 15.8 Å². The molecule has 0 atom stereocenters. The smallest absolute Gasteiger partial charge is 0.167 e. The van der Waals surface area contributed by atoms with Gasteiger partial charge in [0.15, 0.2) is 11.6 Å². The van der Waals surface area contributed by atoms with E-state index in [9.17, 15) is 4.39 Å². The Labute approximate surface area is 94.2 Å². The molecule has 16 heavy (non-hydrogen) atoms. The SMILES string of the molecule is CCOc1cc(NCCCO)c(N)cc1F. The van der Waals surface area contributed by atoms with Crippen LogP contribution in [0.4, 0.5) is 15.8 Å². The zero-order chi connectivity index (χ0) is 12.0. The van der Waals surface area contributed by atoms with E-state index in [0.29, 0.717) is 30.9 Å². The van der Waals surface area contributed by atoms with E-state index in [0.717, 1.165) is 0 Å². The van der Waals surface area contributed by atoms with Crippen LogP contribution in [0.25, 0.3) is 0 Å². The average molecular weight is 228 g/mol. The number of hydrogen-bond acceptors (Lipinski definition) is 4. The summed E-state index contributed by atoms with van der Waals surface area (Å²) in [7, 11) is 0. The van der Waals surface area contributed by atoms with Crippen molar-refractivity contribution < 1.29 is 14.2 Å². The summed E-state index contributed by atoms with van der Waals surface area (Å²) in [6.45, 7) is 2.87. The van der Waals surface area contributed by atoms with E-state index in [1.165, 1.54) is 12.1 Å². The van der Waals surface area contributed by atoms with E-state index in [4.69, 9.17) is 15.6 Å². The Morgan fingerprint density at radius 1 is 1.50 bits per heavy atom. The van der Waals surface area contributed by atoms with Crippen LogP contribution >= 0.6 is 0 Å². The summed E-state index contributed by atoms with van der Waals surface area (Å²) < 4.78 is 18.5. The van der Waals surface area contributed by atoms with E-state index in [1.54, 1.807) is 6.92 Å². The second kappa shape index (κ2) is 6.17. The minimum Gasteiger partial charge on any atom is -0.491 e. The minimum atomic E-state index is -0.466. The van der Waals surface area contributed by atoms with Crippen LogP contribution in [0.3, 0.4) is 0 Å². The number of ether oxygens (including phenoxy) is 1. The highest BCUT2D eigenvalue weighted by Gasteiger charge is 2.08. The first-order valence-electron chi connectivity index (χ1n) is 5.25. The fraction of sp³-hybridized carbons (Fsp3) is 0.455. The second-order valence-electron chi connectivity index (χ2n) is 3.31. The van der Waals surface area contributed by atoms with Crippen molar-refractivity contribution in [2.45, 2.75) is 13.3 Å². The number of nitrogens with two attached hydrogens (primary N) is 1. The number of rotatable bonds is 6. The van der Waals surface area contributed by atoms with Crippen LogP contribution in [0, 0.1) is 5.82 Å². The van der Waals surface area contributed by atoms with Gasteiger partial charge in [-0.05, 0) is 13.3 Å². The molecule has 1 rings (SSSR count). The van der Waals surface area contributed by atoms with Crippen LogP contribution in [0.1, 0.15) is 13.3 Å². The lowest BCUT2D eigenvalue weighted by Crippen LogP contribution is -2.07. The first-order valence-corrected chi connectivity index (χ1v) is 5.25. The first kappa shape index (κ1) is 12.6. The van der Waals surface area contributed by atoms with E-state index in [2.05, 4.69) is 5.32 Å². The Morgan fingerprint density at radius 2 is 2.25 bits per heavy atom. The molecule has 0 amide bonds. The van der Waals surface area contributed by atoms with Crippen molar-refractivity contribution >= 4 is 11.4 Å². The molecule has 0 aliphatic rings. The standard InChI is InChI=1S/C11H17FN2O2/c1-2-16-11-7-10(14-4-3-5-15)9(13)6-8(11)12/h6-7,14-15H,2-5,13H2,1H3. The van der Waals surface area contributed by atoms with Crippen molar-refractivity contribution in [3.63, 3.8) is 0 Å². The number of benzene rings is 1. The predicted molar refractivity (Wildman–Crippen MR) is 62.2 cm³/mol. The van der Waals surface area contributed by atoms with Gasteiger partial charge in [0.2, 0.25) is 0 Å². The second-order valence-corrected chi connectivity index (χ2v) is 3.31. The lowest BCUT2D eigenvalue weighted by molar-refractivity contribution is 0.292. The molecule has 1 aromatic rings. The molecule has 0 radical (unpaired) electrons. The molecule has 1 aromatic carbocycles. The Bertz CT molecular complexity index is 345. The van der Waals surface area contributed by atoms with Crippen LogP contribution in [-0.4, -0.2) is 24.9 Å². The van der Waals surface area contributed by atoms with Gasteiger partial charge in [0.1, 0.15) is 0 Å². The van der Waals surface area contributed by atoms with Gasteiger partial charge in [0.05, 0.1) is 18.0 Å². The quantitative estimate of drug-likeness (QED) is 0.511. The average Bonchev–Trinajstić information content (AvgIpc) is 2.25. The van der Waals surface area contributed by atoms with Gasteiger partial charge in [0.25, 0.3) is 0 Å². The number of aliphatic hydroxyl groups excluding tert-OH is 1. The molecule has 4 N–H and O–H groups in total. The molecule has 0 unspecified atom stereocenters. The van der Waals surface area contributed by atoms with Crippen molar-refractivity contribution in [2.75, 3.05) is 30.8 Å². The van der Waals surface area contributed by atoms with Gasteiger partial charge in [-0.15, -0.1) is 0 Å². The molecule has 0 spiro atoms.